The zero-order valence-corrected chi connectivity index (χ0v) is 15.9. The lowest BCUT2D eigenvalue weighted by molar-refractivity contribution is 0.0209. The van der Waals surface area contributed by atoms with Gasteiger partial charge in [-0.1, -0.05) is 6.07 Å². The number of nitrogens with zero attached hydrogens (tertiary/aromatic N) is 1. The molecule has 25 heavy (non-hydrogen) atoms. The maximum absolute atomic E-state index is 12.7. The lowest BCUT2D eigenvalue weighted by Crippen LogP contribution is -2.41. The van der Waals surface area contributed by atoms with E-state index in [1.165, 1.54) is 29.6 Å². The normalized spacial score (nSPS) is 16.2. The van der Waals surface area contributed by atoms with Gasteiger partial charge in [0, 0.05) is 19.7 Å². The maximum Gasteiger partial charge on any atom is 0.337 e. The molecule has 1 aliphatic rings. The Morgan fingerprint density at radius 2 is 2.00 bits per heavy atom. The van der Waals surface area contributed by atoms with Gasteiger partial charge in [-0.05, 0) is 44.0 Å². The fraction of sp³-hybridized carbons (Fsp3) is 0.562. The number of nitrogens with two attached hydrogens (primary N) is 1. The molecule has 1 fully saturated rings. The molecule has 9 heteroatoms. The molecule has 0 spiro atoms. The summed E-state index contributed by atoms with van der Waals surface area (Å²) in [5.41, 5.74) is 5.65. The van der Waals surface area contributed by atoms with Crippen LogP contribution in [0.15, 0.2) is 29.2 Å². The molecule has 0 radical (unpaired) electrons. The van der Waals surface area contributed by atoms with Crippen molar-refractivity contribution < 1.29 is 22.7 Å². The predicted molar refractivity (Wildman–Crippen MR) is 96.4 cm³/mol. The maximum atomic E-state index is 12.7. The van der Waals surface area contributed by atoms with Gasteiger partial charge in [0.2, 0.25) is 10.0 Å². The van der Waals surface area contributed by atoms with Crippen LogP contribution in [0.2, 0.25) is 0 Å². The second-order valence-electron chi connectivity index (χ2n) is 5.64. The first-order chi connectivity index (χ1) is 11.5. The summed E-state index contributed by atoms with van der Waals surface area (Å²) in [6.45, 7) is 2.00. The number of benzene rings is 1. The van der Waals surface area contributed by atoms with Crippen molar-refractivity contribution >= 4 is 28.4 Å². The van der Waals surface area contributed by atoms with E-state index < -0.39 is 16.0 Å². The van der Waals surface area contributed by atoms with Crippen molar-refractivity contribution in [2.24, 2.45) is 5.73 Å². The van der Waals surface area contributed by atoms with Crippen molar-refractivity contribution in [1.82, 2.24) is 4.31 Å². The van der Waals surface area contributed by atoms with Crippen molar-refractivity contribution in [2.75, 3.05) is 33.4 Å². The molecule has 1 heterocycles. The Hall–Kier alpha value is -1.19. The fourth-order valence-electron chi connectivity index (χ4n) is 2.62. The van der Waals surface area contributed by atoms with Gasteiger partial charge in [0.15, 0.2) is 0 Å². The molecular weight excluding hydrogens is 368 g/mol. The minimum absolute atomic E-state index is 0. The zero-order valence-electron chi connectivity index (χ0n) is 14.2. The van der Waals surface area contributed by atoms with E-state index in [2.05, 4.69) is 4.74 Å². The van der Waals surface area contributed by atoms with Gasteiger partial charge in [-0.25, -0.2) is 13.2 Å². The quantitative estimate of drug-likeness (QED) is 0.556. The summed E-state index contributed by atoms with van der Waals surface area (Å²) in [5.74, 6) is -0.556. The van der Waals surface area contributed by atoms with Crippen LogP contribution in [0.3, 0.4) is 0 Å². The molecule has 142 valence electrons. The molecule has 0 atom stereocenters. The molecule has 0 unspecified atom stereocenters. The Morgan fingerprint density at radius 3 is 2.60 bits per heavy atom. The summed E-state index contributed by atoms with van der Waals surface area (Å²) in [7, 11) is -2.36. The molecule has 1 aliphatic heterocycles. The van der Waals surface area contributed by atoms with Crippen LogP contribution in [0, 0.1) is 0 Å². The van der Waals surface area contributed by atoms with Gasteiger partial charge in [-0.3, -0.25) is 0 Å². The van der Waals surface area contributed by atoms with Crippen molar-refractivity contribution in [3.05, 3.63) is 29.8 Å². The highest BCUT2D eigenvalue weighted by atomic mass is 35.5. The molecule has 1 saturated heterocycles. The highest BCUT2D eigenvalue weighted by molar-refractivity contribution is 7.89. The number of methoxy groups -OCH3 is 1. The van der Waals surface area contributed by atoms with E-state index in [1.54, 1.807) is 6.07 Å². The van der Waals surface area contributed by atoms with Crippen LogP contribution in [0.1, 0.15) is 29.6 Å². The first kappa shape index (κ1) is 21.9. The number of sulfonamides is 1. The lowest BCUT2D eigenvalue weighted by atomic mass is 10.1. The van der Waals surface area contributed by atoms with Gasteiger partial charge in [0.1, 0.15) is 0 Å². The fourth-order valence-corrected chi connectivity index (χ4v) is 4.14. The number of hydrogen-bond donors (Lipinski definition) is 1. The Balaban J connectivity index is 0.00000312. The van der Waals surface area contributed by atoms with Gasteiger partial charge in [-0.15, -0.1) is 12.4 Å². The summed E-state index contributed by atoms with van der Waals surface area (Å²) in [6.07, 6.45) is 2.18. The first-order valence-corrected chi connectivity index (χ1v) is 9.43. The standard InChI is InChI=1S/C16H24N2O5S.ClH/c1-22-16(19)13-4-2-5-15(12-13)24(20,21)18-9-6-14(7-10-18)23-11-3-8-17;/h2,4-5,12,14H,3,6-11,17H2,1H3;1H. The van der Waals surface area contributed by atoms with Gasteiger partial charge in [0.05, 0.1) is 23.7 Å². The van der Waals surface area contributed by atoms with Crippen LogP contribution in [0.25, 0.3) is 0 Å². The topological polar surface area (TPSA) is 98.9 Å². The van der Waals surface area contributed by atoms with Crippen LogP contribution >= 0.6 is 12.4 Å². The SMILES string of the molecule is COC(=O)c1cccc(S(=O)(=O)N2CCC(OCCCN)CC2)c1.Cl. The molecule has 0 aliphatic carbocycles. The van der Waals surface area contributed by atoms with Crippen LogP contribution in [-0.4, -0.2) is 58.1 Å². The van der Waals surface area contributed by atoms with E-state index in [0.717, 1.165) is 6.42 Å². The van der Waals surface area contributed by atoms with Crippen LogP contribution < -0.4 is 5.73 Å². The Morgan fingerprint density at radius 1 is 1.32 bits per heavy atom. The second kappa shape index (κ2) is 10.1. The van der Waals surface area contributed by atoms with E-state index in [-0.39, 0.29) is 29.0 Å². The molecule has 1 aromatic rings. The third kappa shape index (κ3) is 5.65. The smallest absolute Gasteiger partial charge is 0.337 e. The number of ether oxygens (including phenoxy) is 2. The van der Waals surface area contributed by atoms with Crippen molar-refractivity contribution in [2.45, 2.75) is 30.3 Å². The minimum atomic E-state index is -3.62. The van der Waals surface area contributed by atoms with E-state index in [1.807, 2.05) is 0 Å². The number of rotatable bonds is 7. The molecule has 0 aromatic heterocycles. The first-order valence-electron chi connectivity index (χ1n) is 7.99. The lowest BCUT2D eigenvalue weighted by Gasteiger charge is -2.31. The predicted octanol–water partition coefficient (Wildman–Crippen LogP) is 1.41. The Kier molecular flexibility index (Phi) is 8.81. The number of esters is 1. The summed E-state index contributed by atoms with van der Waals surface area (Å²) >= 11 is 0. The summed E-state index contributed by atoms with van der Waals surface area (Å²) in [4.78, 5) is 11.7. The summed E-state index contributed by atoms with van der Waals surface area (Å²) in [5, 5.41) is 0. The monoisotopic (exact) mass is 392 g/mol. The third-order valence-electron chi connectivity index (χ3n) is 4.00. The molecule has 0 amide bonds. The number of hydrogen-bond acceptors (Lipinski definition) is 6. The van der Waals surface area contributed by atoms with E-state index in [4.69, 9.17) is 10.5 Å². The molecular formula is C16H25ClN2O5S. The molecule has 0 saturated carbocycles. The molecule has 1 aromatic carbocycles. The molecule has 7 nitrogen and oxygen atoms in total. The van der Waals surface area contributed by atoms with E-state index >= 15 is 0 Å². The minimum Gasteiger partial charge on any atom is -0.465 e. The number of carbonyl (C=O) groups excluding carboxylic acids is 1. The van der Waals surface area contributed by atoms with Gasteiger partial charge >= 0.3 is 5.97 Å². The second-order valence-corrected chi connectivity index (χ2v) is 7.57. The number of carbonyl (C=O) groups is 1. The van der Waals surface area contributed by atoms with Crippen molar-refractivity contribution in [3.8, 4) is 0 Å². The Bertz CT molecular complexity index is 660. The Labute approximate surface area is 154 Å². The van der Waals surface area contributed by atoms with Crippen molar-refractivity contribution in [1.29, 1.82) is 0 Å². The van der Waals surface area contributed by atoms with Crippen LogP contribution in [0.4, 0.5) is 0 Å². The highest BCUT2D eigenvalue weighted by Crippen LogP contribution is 2.23. The molecule has 2 N–H and O–H groups in total. The number of piperidine rings is 1. The van der Waals surface area contributed by atoms with Crippen molar-refractivity contribution in [3.63, 3.8) is 0 Å². The van der Waals surface area contributed by atoms with Gasteiger partial charge < -0.3 is 15.2 Å². The average molecular weight is 393 g/mol. The summed E-state index contributed by atoms with van der Waals surface area (Å²) < 4.78 is 37.2. The van der Waals surface area contributed by atoms with Crippen LogP contribution in [0.5, 0.6) is 0 Å². The summed E-state index contributed by atoms with van der Waals surface area (Å²) in [6, 6.07) is 5.92. The van der Waals surface area contributed by atoms with Crippen LogP contribution in [-0.2, 0) is 19.5 Å². The van der Waals surface area contributed by atoms with Gasteiger partial charge in [-0.2, -0.15) is 4.31 Å². The van der Waals surface area contributed by atoms with E-state index in [0.29, 0.717) is 39.1 Å². The molecule has 0 bridgehead atoms. The average Bonchev–Trinajstić information content (AvgIpc) is 2.62. The highest BCUT2D eigenvalue weighted by Gasteiger charge is 2.30. The molecule has 2 rings (SSSR count). The van der Waals surface area contributed by atoms with E-state index in [9.17, 15) is 13.2 Å². The van der Waals surface area contributed by atoms with Gasteiger partial charge in [0.25, 0.3) is 0 Å². The number of halogens is 1. The zero-order chi connectivity index (χ0) is 17.6. The third-order valence-corrected chi connectivity index (χ3v) is 5.89. The largest absolute Gasteiger partial charge is 0.465 e.